The molecule has 0 aliphatic rings. The van der Waals surface area contributed by atoms with Gasteiger partial charge in [0.15, 0.2) is 12.7 Å². The van der Waals surface area contributed by atoms with Crippen molar-refractivity contribution in [3.8, 4) is 0 Å². The fourth-order valence-corrected chi connectivity index (χ4v) is 1.31. The largest absolute Gasteiger partial charge is 0.542 e. The summed E-state index contributed by atoms with van der Waals surface area (Å²) >= 11 is 0. The molecule has 1 rings (SSSR count). The predicted octanol–water partition coefficient (Wildman–Crippen LogP) is -1.78. The first-order chi connectivity index (χ1) is 11.5. The van der Waals surface area contributed by atoms with E-state index in [0.717, 1.165) is 0 Å². The highest BCUT2D eigenvalue weighted by atomic mass is 19.4. The lowest BCUT2D eigenvalue weighted by molar-refractivity contribution is -0.754. The van der Waals surface area contributed by atoms with Crippen molar-refractivity contribution in [1.82, 2.24) is 10.4 Å². The number of hydrogen-bond acceptors (Lipinski definition) is 6. The van der Waals surface area contributed by atoms with Gasteiger partial charge < -0.3 is 26.1 Å². The Morgan fingerprint density at radius 3 is 2.36 bits per heavy atom. The second-order valence-electron chi connectivity index (χ2n) is 4.56. The number of alkyl halides is 3. The molecule has 0 aliphatic carbocycles. The molecular formula is C13H17F3N4O5. The van der Waals surface area contributed by atoms with E-state index in [9.17, 15) is 22.8 Å². The van der Waals surface area contributed by atoms with Crippen molar-refractivity contribution in [3.63, 3.8) is 0 Å². The maximum Gasteiger partial charge on any atom is 0.430 e. The van der Waals surface area contributed by atoms with E-state index in [2.05, 4.69) is 10.4 Å². The van der Waals surface area contributed by atoms with Crippen LogP contribution in [-0.2, 0) is 16.1 Å². The molecule has 0 bridgehead atoms. The molecule has 1 amide bonds. The monoisotopic (exact) mass is 366 g/mol. The standard InChI is InChI=1S/C11H16N4O3.C2HF3O2/c1-2-13-10(16)8-3-5-15(14-7-8)6-4-9(12)11(17)18;3-2(4,5)1(6)7/h3,5,7,9H,2,4,6,12H2,1H3,(H-,13,16,17,18);(H,6,7). The molecule has 12 heteroatoms. The lowest BCUT2D eigenvalue weighted by Crippen LogP contribution is -2.42. The first kappa shape index (κ1) is 22.2. The normalized spacial score (nSPS) is 11.7. The summed E-state index contributed by atoms with van der Waals surface area (Å²) in [6.45, 7) is 2.78. The average Bonchev–Trinajstić information content (AvgIpc) is 2.52. The lowest BCUT2D eigenvalue weighted by Gasteiger charge is -2.03. The number of rotatable bonds is 6. The molecule has 1 atom stereocenters. The third-order valence-corrected chi connectivity index (χ3v) is 2.59. The first-order valence-corrected chi connectivity index (χ1v) is 6.89. The van der Waals surface area contributed by atoms with E-state index in [4.69, 9.17) is 20.7 Å². The minimum absolute atomic E-state index is 0.181. The van der Waals surface area contributed by atoms with Gasteiger partial charge in [-0.1, -0.05) is 4.68 Å². The zero-order valence-electron chi connectivity index (χ0n) is 13.1. The Bertz CT molecular complexity index is 592. The van der Waals surface area contributed by atoms with Gasteiger partial charge in [-0.05, 0) is 12.0 Å². The molecule has 140 valence electrons. The van der Waals surface area contributed by atoms with Crippen LogP contribution in [-0.4, -0.2) is 46.8 Å². The number of aromatic nitrogens is 2. The minimum atomic E-state index is -5.19. The smallest absolute Gasteiger partial charge is 0.430 e. The Morgan fingerprint density at radius 1 is 1.44 bits per heavy atom. The van der Waals surface area contributed by atoms with E-state index in [1.807, 2.05) is 6.92 Å². The number of nitrogens with zero attached hydrogens (tertiary/aromatic N) is 2. The fraction of sp³-hybridized carbons (Fsp3) is 0.462. The van der Waals surface area contributed by atoms with Gasteiger partial charge in [0.1, 0.15) is 18.2 Å². The number of carbonyl (C=O) groups excluding carboxylic acids is 2. The lowest BCUT2D eigenvalue weighted by atomic mass is 10.2. The molecule has 0 aromatic carbocycles. The van der Waals surface area contributed by atoms with Gasteiger partial charge >= 0.3 is 12.1 Å². The summed E-state index contributed by atoms with van der Waals surface area (Å²) < 4.78 is 33.1. The van der Waals surface area contributed by atoms with Crippen LogP contribution >= 0.6 is 0 Å². The van der Waals surface area contributed by atoms with Crippen LogP contribution in [0.25, 0.3) is 0 Å². The van der Waals surface area contributed by atoms with Crippen molar-refractivity contribution in [2.24, 2.45) is 5.73 Å². The maximum atomic E-state index is 11.5. The highest BCUT2D eigenvalue weighted by Gasteiger charge is 2.28. The summed E-state index contributed by atoms with van der Waals surface area (Å²) in [4.78, 5) is 30.8. The molecule has 4 N–H and O–H groups in total. The topological polar surface area (TPSA) is 149 Å². The van der Waals surface area contributed by atoms with Crippen molar-refractivity contribution in [2.45, 2.75) is 32.1 Å². The predicted molar refractivity (Wildman–Crippen MR) is 73.7 cm³/mol. The van der Waals surface area contributed by atoms with Crippen LogP contribution in [0.2, 0.25) is 0 Å². The van der Waals surface area contributed by atoms with E-state index in [0.29, 0.717) is 18.7 Å². The third-order valence-electron chi connectivity index (χ3n) is 2.59. The van der Waals surface area contributed by atoms with E-state index < -0.39 is 24.2 Å². The number of carboxylic acids is 2. The summed E-state index contributed by atoms with van der Waals surface area (Å²) in [5.74, 6) is -4.22. The van der Waals surface area contributed by atoms with Crippen LogP contribution in [0.5, 0.6) is 0 Å². The van der Waals surface area contributed by atoms with Gasteiger partial charge in [0.05, 0.1) is 5.56 Å². The third kappa shape index (κ3) is 9.20. The summed E-state index contributed by atoms with van der Waals surface area (Å²) in [7, 11) is 0. The Kier molecular flexibility index (Phi) is 9.05. The number of aliphatic carboxylic acids is 2. The number of aryl methyl sites for hydroxylation is 1. The van der Waals surface area contributed by atoms with Crippen molar-refractivity contribution in [2.75, 3.05) is 6.54 Å². The van der Waals surface area contributed by atoms with Crippen molar-refractivity contribution in [3.05, 3.63) is 24.0 Å². The maximum absolute atomic E-state index is 11.5. The molecule has 9 nitrogen and oxygen atoms in total. The second-order valence-corrected chi connectivity index (χ2v) is 4.56. The van der Waals surface area contributed by atoms with Gasteiger partial charge in [0, 0.05) is 19.0 Å². The van der Waals surface area contributed by atoms with Crippen molar-refractivity contribution >= 4 is 17.8 Å². The zero-order valence-corrected chi connectivity index (χ0v) is 13.1. The summed E-state index contributed by atoms with van der Waals surface area (Å²) in [6, 6.07) is 0.729. The molecular weight excluding hydrogens is 349 g/mol. The number of halogens is 3. The van der Waals surface area contributed by atoms with Crippen molar-refractivity contribution in [1.29, 1.82) is 0 Å². The summed E-state index contributed by atoms with van der Waals surface area (Å²) in [5.41, 5.74) is 5.85. The Morgan fingerprint density at radius 2 is 2.00 bits per heavy atom. The molecule has 0 spiro atoms. The Balaban J connectivity index is 0.000000697. The molecule has 0 saturated heterocycles. The SMILES string of the molecule is CCNC(=O)c1cc[n+](CCC(N)C(=O)O)nc1.O=C([O-])C(F)(F)F. The number of amides is 1. The van der Waals surface area contributed by atoms with E-state index in [1.165, 1.54) is 6.20 Å². The molecule has 1 aromatic rings. The molecule has 25 heavy (non-hydrogen) atoms. The first-order valence-electron chi connectivity index (χ1n) is 6.89. The minimum Gasteiger partial charge on any atom is -0.542 e. The summed E-state index contributed by atoms with van der Waals surface area (Å²) in [5, 5.41) is 24.1. The van der Waals surface area contributed by atoms with Gasteiger partial charge in [-0.3, -0.25) is 9.59 Å². The molecule has 1 aromatic heterocycles. The van der Waals surface area contributed by atoms with Crippen LogP contribution in [0.1, 0.15) is 23.7 Å². The molecule has 1 unspecified atom stereocenters. The Labute approximate surface area is 140 Å². The van der Waals surface area contributed by atoms with Crippen LogP contribution in [0.4, 0.5) is 13.2 Å². The van der Waals surface area contributed by atoms with Gasteiger partial charge in [-0.2, -0.15) is 13.2 Å². The molecule has 0 saturated carbocycles. The van der Waals surface area contributed by atoms with Crippen LogP contribution in [0.15, 0.2) is 18.5 Å². The van der Waals surface area contributed by atoms with E-state index in [1.54, 1.807) is 16.9 Å². The second kappa shape index (κ2) is 10.2. The summed E-state index contributed by atoms with van der Waals surface area (Å²) in [6.07, 6.45) is -1.84. The van der Waals surface area contributed by atoms with E-state index in [-0.39, 0.29) is 12.3 Å². The highest BCUT2D eigenvalue weighted by Crippen LogP contribution is 2.11. The van der Waals surface area contributed by atoms with Gasteiger partial charge in [-0.25, -0.2) is 0 Å². The highest BCUT2D eigenvalue weighted by molar-refractivity contribution is 5.93. The number of nitrogens with two attached hydrogens (primary N) is 1. The Hall–Kier alpha value is -2.76. The molecule has 0 aliphatic heterocycles. The molecule has 0 fully saturated rings. The van der Waals surface area contributed by atoms with Gasteiger partial charge in [0.25, 0.3) is 5.91 Å². The molecule has 1 heterocycles. The zero-order chi connectivity index (χ0) is 19.6. The number of carbonyl (C=O) groups is 3. The number of hydrogen-bond donors (Lipinski definition) is 3. The fourth-order valence-electron chi connectivity index (χ4n) is 1.31. The average molecular weight is 366 g/mol. The van der Waals surface area contributed by atoms with Gasteiger partial charge in [0.2, 0.25) is 0 Å². The van der Waals surface area contributed by atoms with Crippen molar-refractivity contribution < 1.29 is 42.4 Å². The molecule has 0 radical (unpaired) electrons. The van der Waals surface area contributed by atoms with Gasteiger partial charge in [-0.15, -0.1) is 0 Å². The number of carboxylic acid groups (broad SMARTS) is 2. The van der Waals surface area contributed by atoms with Crippen LogP contribution in [0, 0.1) is 0 Å². The number of nitrogens with one attached hydrogen (secondary N) is 1. The van der Waals surface area contributed by atoms with E-state index >= 15 is 0 Å². The van der Waals surface area contributed by atoms with Crippen LogP contribution in [0.3, 0.4) is 0 Å². The quantitative estimate of drug-likeness (QED) is 0.504. The van der Waals surface area contributed by atoms with Crippen LogP contribution < -0.4 is 20.8 Å².